The Morgan fingerprint density at radius 2 is 2.29 bits per heavy atom. The Morgan fingerprint density at radius 1 is 1.47 bits per heavy atom. The normalized spacial score (nSPS) is 12.9. The van der Waals surface area contributed by atoms with E-state index in [4.69, 9.17) is 0 Å². The Bertz CT molecular complexity index is 494. The summed E-state index contributed by atoms with van der Waals surface area (Å²) in [7, 11) is 0. The first-order valence-corrected chi connectivity index (χ1v) is 5.93. The molecule has 0 aliphatic heterocycles. The van der Waals surface area contributed by atoms with Gasteiger partial charge in [-0.1, -0.05) is 13.3 Å². The summed E-state index contributed by atoms with van der Waals surface area (Å²) in [6, 6.07) is 3.97. The minimum atomic E-state index is -0.320. The number of anilines is 1. The summed E-state index contributed by atoms with van der Waals surface area (Å²) in [6.07, 6.45) is 3.00. The zero-order chi connectivity index (χ0) is 12.3. The van der Waals surface area contributed by atoms with Crippen molar-refractivity contribution < 1.29 is 5.11 Å². The highest BCUT2D eigenvalue weighted by Crippen LogP contribution is 2.13. The quantitative estimate of drug-likeness (QED) is 0.825. The van der Waals surface area contributed by atoms with Gasteiger partial charge < -0.3 is 10.4 Å². The Labute approximate surface area is 100 Å². The van der Waals surface area contributed by atoms with E-state index in [0.29, 0.717) is 6.54 Å². The maximum Gasteiger partial charge on any atom is 0.157 e. The number of fused-ring (bicyclic) bond motifs is 1. The number of rotatable bonds is 5. The van der Waals surface area contributed by atoms with Crippen molar-refractivity contribution in [3.05, 3.63) is 24.0 Å². The molecule has 2 aromatic rings. The van der Waals surface area contributed by atoms with Gasteiger partial charge in [-0.3, -0.25) is 0 Å². The van der Waals surface area contributed by atoms with Crippen molar-refractivity contribution in [2.24, 2.45) is 0 Å². The fraction of sp³-hybridized carbons (Fsp3) is 0.500. The van der Waals surface area contributed by atoms with E-state index in [1.165, 1.54) is 6.33 Å². The lowest BCUT2D eigenvalue weighted by molar-refractivity contribution is 0.176. The van der Waals surface area contributed by atoms with E-state index < -0.39 is 0 Å². The van der Waals surface area contributed by atoms with Gasteiger partial charge in [0.15, 0.2) is 5.65 Å². The van der Waals surface area contributed by atoms with Crippen LogP contribution in [0, 0.1) is 6.92 Å². The molecule has 0 amide bonds. The van der Waals surface area contributed by atoms with E-state index in [1.807, 2.05) is 19.1 Å². The maximum atomic E-state index is 9.69. The van der Waals surface area contributed by atoms with Gasteiger partial charge in [0.25, 0.3) is 0 Å². The Kier molecular flexibility index (Phi) is 3.58. The zero-order valence-electron chi connectivity index (χ0n) is 10.2. The second kappa shape index (κ2) is 5.14. The summed E-state index contributed by atoms with van der Waals surface area (Å²) in [5.41, 5.74) is 1.94. The van der Waals surface area contributed by atoms with Gasteiger partial charge in [0, 0.05) is 6.54 Å². The monoisotopic (exact) mass is 234 g/mol. The third kappa shape index (κ3) is 2.74. The van der Waals surface area contributed by atoms with Gasteiger partial charge in [-0.05, 0) is 31.0 Å². The highest BCUT2D eigenvalue weighted by Gasteiger charge is 2.06. The van der Waals surface area contributed by atoms with Gasteiger partial charge in [0.05, 0.1) is 6.10 Å². The standard InChI is InChI=1S/C12H18N4O/c1-3-4-10(17)7-13-11-5-9(2)6-12-14-8-15-16(11)12/h5-6,8,10,13,17H,3-4,7H2,1-2H3. The predicted octanol–water partition coefficient (Wildman–Crippen LogP) is 1.61. The van der Waals surface area contributed by atoms with E-state index in [1.54, 1.807) is 4.52 Å². The minimum Gasteiger partial charge on any atom is -0.391 e. The molecule has 0 saturated carbocycles. The number of hydrogen-bond acceptors (Lipinski definition) is 4. The molecule has 5 heteroatoms. The molecule has 0 radical (unpaired) electrons. The second-order valence-electron chi connectivity index (χ2n) is 4.27. The van der Waals surface area contributed by atoms with Gasteiger partial charge in [-0.25, -0.2) is 4.98 Å². The van der Waals surface area contributed by atoms with Crippen LogP contribution in [0.5, 0.6) is 0 Å². The second-order valence-corrected chi connectivity index (χ2v) is 4.27. The summed E-state index contributed by atoms with van der Waals surface area (Å²) in [5, 5.41) is 17.0. The van der Waals surface area contributed by atoms with Gasteiger partial charge in [0.2, 0.25) is 0 Å². The number of aromatic nitrogens is 3. The third-order valence-electron chi connectivity index (χ3n) is 2.66. The van der Waals surface area contributed by atoms with E-state index in [0.717, 1.165) is 29.9 Å². The highest BCUT2D eigenvalue weighted by molar-refractivity contribution is 5.51. The zero-order valence-corrected chi connectivity index (χ0v) is 10.2. The van der Waals surface area contributed by atoms with Crippen LogP contribution in [0.3, 0.4) is 0 Å². The smallest absolute Gasteiger partial charge is 0.157 e. The Morgan fingerprint density at radius 3 is 3.06 bits per heavy atom. The molecule has 92 valence electrons. The first-order chi connectivity index (χ1) is 8.20. The van der Waals surface area contributed by atoms with E-state index in [9.17, 15) is 5.11 Å². The highest BCUT2D eigenvalue weighted by atomic mass is 16.3. The minimum absolute atomic E-state index is 0.320. The molecule has 0 aliphatic carbocycles. The average Bonchev–Trinajstić information content (AvgIpc) is 2.74. The van der Waals surface area contributed by atoms with Crippen LogP contribution in [-0.4, -0.2) is 32.4 Å². The summed E-state index contributed by atoms with van der Waals surface area (Å²) in [4.78, 5) is 4.15. The van der Waals surface area contributed by atoms with E-state index in [-0.39, 0.29) is 6.10 Å². The lowest BCUT2D eigenvalue weighted by Crippen LogP contribution is -2.20. The molecule has 0 aromatic carbocycles. The third-order valence-corrected chi connectivity index (χ3v) is 2.66. The lowest BCUT2D eigenvalue weighted by atomic mass is 10.2. The fourth-order valence-corrected chi connectivity index (χ4v) is 1.84. The molecule has 1 atom stereocenters. The van der Waals surface area contributed by atoms with Crippen molar-refractivity contribution in [2.75, 3.05) is 11.9 Å². The van der Waals surface area contributed by atoms with Crippen molar-refractivity contribution in [3.63, 3.8) is 0 Å². The lowest BCUT2D eigenvalue weighted by Gasteiger charge is -2.13. The number of aryl methyl sites for hydroxylation is 1. The van der Waals surface area contributed by atoms with Crippen LogP contribution >= 0.6 is 0 Å². The van der Waals surface area contributed by atoms with Crippen molar-refractivity contribution in [2.45, 2.75) is 32.8 Å². The average molecular weight is 234 g/mol. The fourth-order valence-electron chi connectivity index (χ4n) is 1.84. The van der Waals surface area contributed by atoms with Crippen LogP contribution in [0.15, 0.2) is 18.5 Å². The molecule has 0 saturated heterocycles. The largest absolute Gasteiger partial charge is 0.391 e. The molecule has 17 heavy (non-hydrogen) atoms. The molecule has 5 nitrogen and oxygen atoms in total. The van der Waals surface area contributed by atoms with E-state index >= 15 is 0 Å². The molecule has 1 unspecified atom stereocenters. The molecule has 2 rings (SSSR count). The van der Waals surface area contributed by atoms with Gasteiger partial charge in [-0.2, -0.15) is 9.61 Å². The number of aliphatic hydroxyl groups excluding tert-OH is 1. The molecule has 0 spiro atoms. The number of pyridine rings is 1. The summed E-state index contributed by atoms with van der Waals surface area (Å²) in [6.45, 7) is 4.61. The summed E-state index contributed by atoms with van der Waals surface area (Å²) >= 11 is 0. The molecule has 2 N–H and O–H groups in total. The number of aliphatic hydroxyl groups is 1. The van der Waals surface area contributed by atoms with Crippen LogP contribution in [0.25, 0.3) is 5.65 Å². The van der Waals surface area contributed by atoms with Crippen LogP contribution < -0.4 is 5.32 Å². The van der Waals surface area contributed by atoms with Crippen molar-refractivity contribution in [3.8, 4) is 0 Å². The Hall–Kier alpha value is -1.62. The number of nitrogens with one attached hydrogen (secondary N) is 1. The first kappa shape index (κ1) is 11.9. The molecular formula is C12H18N4O. The van der Waals surface area contributed by atoms with Gasteiger partial charge in [-0.15, -0.1) is 0 Å². The summed E-state index contributed by atoms with van der Waals surface area (Å²) in [5.74, 6) is 0.868. The van der Waals surface area contributed by atoms with Crippen LogP contribution in [0.2, 0.25) is 0 Å². The molecule has 2 aromatic heterocycles. The van der Waals surface area contributed by atoms with Gasteiger partial charge >= 0.3 is 0 Å². The predicted molar refractivity (Wildman–Crippen MR) is 67.1 cm³/mol. The van der Waals surface area contributed by atoms with Crippen molar-refractivity contribution >= 4 is 11.5 Å². The molecular weight excluding hydrogens is 216 g/mol. The van der Waals surface area contributed by atoms with Crippen LogP contribution in [0.1, 0.15) is 25.3 Å². The number of hydrogen-bond donors (Lipinski definition) is 2. The van der Waals surface area contributed by atoms with Crippen LogP contribution in [-0.2, 0) is 0 Å². The molecule has 0 fully saturated rings. The SMILES string of the molecule is CCCC(O)CNc1cc(C)cc2ncnn12. The molecule has 2 heterocycles. The number of nitrogens with zero attached hydrogens (tertiary/aromatic N) is 3. The Balaban J connectivity index is 2.14. The summed E-state index contributed by atoms with van der Waals surface area (Å²) < 4.78 is 1.74. The maximum absolute atomic E-state index is 9.69. The van der Waals surface area contributed by atoms with Crippen molar-refractivity contribution in [1.82, 2.24) is 14.6 Å². The van der Waals surface area contributed by atoms with Gasteiger partial charge in [0.1, 0.15) is 12.1 Å². The van der Waals surface area contributed by atoms with Crippen molar-refractivity contribution in [1.29, 1.82) is 0 Å². The topological polar surface area (TPSA) is 62.5 Å². The van der Waals surface area contributed by atoms with E-state index in [2.05, 4.69) is 22.3 Å². The first-order valence-electron chi connectivity index (χ1n) is 5.93. The molecule has 0 bridgehead atoms. The van der Waals surface area contributed by atoms with Crippen LogP contribution in [0.4, 0.5) is 5.82 Å². The molecule has 0 aliphatic rings.